The Morgan fingerprint density at radius 3 is 2.04 bits per heavy atom. The van der Waals surface area contributed by atoms with Gasteiger partial charge >= 0.3 is 0 Å². The van der Waals surface area contributed by atoms with Gasteiger partial charge in [0.05, 0.1) is 22.0 Å². The van der Waals surface area contributed by atoms with Crippen molar-refractivity contribution in [3.05, 3.63) is 205 Å². The fourth-order valence-electron chi connectivity index (χ4n) is 8.61. The number of benzene rings is 8. The van der Waals surface area contributed by atoms with Crippen molar-refractivity contribution in [2.24, 2.45) is 0 Å². The zero-order valence-corrected chi connectivity index (χ0v) is 30.2. The molecule has 0 bridgehead atoms. The van der Waals surface area contributed by atoms with Gasteiger partial charge < -0.3 is 14.5 Å². The molecule has 54 heavy (non-hydrogen) atoms. The zero-order valence-electron chi connectivity index (χ0n) is 29.3. The fourth-order valence-corrected chi connectivity index (χ4v) is 9.81. The standard InChI is InChI=1S/C50H34N2OS/c1-3-14-33(15-4-1)34-28-30-37(31-29-34)51(44-25-13-23-41-40-20-8-10-27-46(40)54-49(41)44)38-19-11-16-35(32-38)39-22-12-24-43-47-42-21-7-9-26-45(42)53-50(47)52(48(39)43)36-17-5-2-6-18-36/h1-32,47,50H. The Labute approximate surface area is 318 Å². The minimum absolute atomic E-state index is 0.115. The van der Waals surface area contributed by atoms with Crippen molar-refractivity contribution in [1.29, 1.82) is 0 Å². The summed E-state index contributed by atoms with van der Waals surface area (Å²) in [6.07, 6.45) is -0.158. The minimum Gasteiger partial charge on any atom is -0.469 e. The molecule has 9 aromatic rings. The number of anilines is 5. The number of thiophene rings is 1. The molecule has 2 aliphatic heterocycles. The van der Waals surface area contributed by atoms with Gasteiger partial charge in [-0.25, -0.2) is 0 Å². The van der Waals surface area contributed by atoms with Gasteiger partial charge in [0.1, 0.15) is 5.75 Å². The highest BCUT2D eigenvalue weighted by atomic mass is 32.1. The molecule has 2 atom stereocenters. The predicted octanol–water partition coefficient (Wildman–Crippen LogP) is 13.9. The molecule has 11 rings (SSSR count). The zero-order chi connectivity index (χ0) is 35.6. The van der Waals surface area contributed by atoms with E-state index >= 15 is 0 Å². The maximum absolute atomic E-state index is 6.78. The Kier molecular flexibility index (Phi) is 7.17. The van der Waals surface area contributed by atoms with Gasteiger partial charge in [-0.05, 0) is 76.9 Å². The summed E-state index contributed by atoms with van der Waals surface area (Å²) in [5.41, 5.74) is 13.0. The summed E-state index contributed by atoms with van der Waals surface area (Å²) in [7, 11) is 0. The van der Waals surface area contributed by atoms with Crippen LogP contribution in [0.5, 0.6) is 5.75 Å². The summed E-state index contributed by atoms with van der Waals surface area (Å²) in [4.78, 5) is 4.85. The second-order valence-electron chi connectivity index (χ2n) is 14.0. The summed E-state index contributed by atoms with van der Waals surface area (Å²) < 4.78 is 9.34. The van der Waals surface area contributed by atoms with Crippen LogP contribution in [-0.2, 0) is 0 Å². The van der Waals surface area contributed by atoms with Crippen LogP contribution >= 0.6 is 11.3 Å². The average molecular weight is 711 g/mol. The van der Waals surface area contributed by atoms with Crippen molar-refractivity contribution in [1.82, 2.24) is 0 Å². The van der Waals surface area contributed by atoms with E-state index in [0.29, 0.717) is 0 Å². The lowest BCUT2D eigenvalue weighted by molar-refractivity contribution is 0.234. The first-order chi connectivity index (χ1) is 26.8. The van der Waals surface area contributed by atoms with Gasteiger partial charge in [-0.2, -0.15) is 0 Å². The Morgan fingerprint density at radius 1 is 0.500 bits per heavy atom. The largest absolute Gasteiger partial charge is 0.469 e. The second-order valence-corrected chi connectivity index (χ2v) is 15.1. The number of fused-ring (bicyclic) bond motifs is 8. The Balaban J connectivity index is 1.10. The molecule has 0 amide bonds. The molecule has 2 aliphatic rings. The van der Waals surface area contributed by atoms with Crippen LogP contribution in [0.25, 0.3) is 42.4 Å². The first kappa shape index (κ1) is 31.0. The molecule has 3 heterocycles. The van der Waals surface area contributed by atoms with Crippen molar-refractivity contribution in [3.63, 3.8) is 0 Å². The van der Waals surface area contributed by atoms with Gasteiger partial charge in [0, 0.05) is 43.7 Å². The van der Waals surface area contributed by atoms with Gasteiger partial charge in [0.15, 0.2) is 6.23 Å². The SMILES string of the molecule is c1ccc(-c2ccc(N(c3cccc(-c4cccc5c4N(c4ccccc4)C4Oc6ccccc6C54)c3)c3cccc4c3sc3ccccc34)cc2)cc1. The van der Waals surface area contributed by atoms with Gasteiger partial charge in [0.25, 0.3) is 0 Å². The second kappa shape index (κ2) is 12.5. The Bertz CT molecular complexity index is 2830. The van der Waals surface area contributed by atoms with Crippen molar-refractivity contribution in [3.8, 4) is 28.0 Å². The monoisotopic (exact) mass is 710 g/mol. The summed E-state index contributed by atoms with van der Waals surface area (Å²) >= 11 is 1.86. The molecule has 1 aromatic heterocycles. The number of rotatable bonds is 6. The molecule has 3 nitrogen and oxygen atoms in total. The fraction of sp³-hybridized carbons (Fsp3) is 0.0400. The van der Waals surface area contributed by atoms with Crippen molar-refractivity contribution in [2.45, 2.75) is 12.1 Å². The lowest BCUT2D eigenvalue weighted by Crippen LogP contribution is -2.32. The van der Waals surface area contributed by atoms with Crippen LogP contribution in [0.1, 0.15) is 17.0 Å². The van der Waals surface area contributed by atoms with Gasteiger partial charge in [-0.15, -0.1) is 11.3 Å². The molecule has 0 aliphatic carbocycles. The van der Waals surface area contributed by atoms with Gasteiger partial charge in [0.2, 0.25) is 0 Å². The van der Waals surface area contributed by atoms with E-state index in [2.05, 4.69) is 204 Å². The van der Waals surface area contributed by atoms with Crippen LogP contribution in [0.2, 0.25) is 0 Å². The quantitative estimate of drug-likeness (QED) is 0.171. The van der Waals surface area contributed by atoms with E-state index < -0.39 is 0 Å². The van der Waals surface area contributed by atoms with Crippen LogP contribution < -0.4 is 14.5 Å². The van der Waals surface area contributed by atoms with Crippen LogP contribution in [0.3, 0.4) is 0 Å². The van der Waals surface area contributed by atoms with E-state index in [4.69, 9.17) is 4.74 Å². The molecule has 0 fully saturated rings. The van der Waals surface area contributed by atoms with E-state index in [1.54, 1.807) is 0 Å². The summed E-state index contributed by atoms with van der Waals surface area (Å²) in [5, 5.41) is 2.57. The van der Waals surface area contributed by atoms with Crippen LogP contribution in [0.15, 0.2) is 194 Å². The molecule has 0 saturated heterocycles. The van der Waals surface area contributed by atoms with Crippen molar-refractivity contribution in [2.75, 3.05) is 9.80 Å². The highest BCUT2D eigenvalue weighted by Crippen LogP contribution is 2.57. The maximum atomic E-state index is 6.78. The summed E-state index contributed by atoms with van der Waals surface area (Å²) in [6, 6.07) is 70.1. The molecular formula is C50H34N2OS. The Morgan fingerprint density at radius 2 is 1.17 bits per heavy atom. The normalized spacial score (nSPS) is 15.5. The number of para-hydroxylation sites is 3. The third kappa shape index (κ3) is 4.88. The lowest BCUT2D eigenvalue weighted by Gasteiger charge is -2.29. The third-order valence-corrected chi connectivity index (χ3v) is 12.2. The van der Waals surface area contributed by atoms with E-state index in [-0.39, 0.29) is 12.1 Å². The number of hydrogen-bond donors (Lipinski definition) is 0. The average Bonchev–Trinajstić information content (AvgIpc) is 3.91. The molecule has 0 spiro atoms. The molecule has 4 heteroatoms. The molecular weight excluding hydrogens is 677 g/mol. The lowest BCUT2D eigenvalue weighted by atomic mass is 9.91. The molecule has 0 N–H and O–H groups in total. The van der Waals surface area contributed by atoms with E-state index in [0.717, 1.165) is 28.4 Å². The summed E-state index contributed by atoms with van der Waals surface area (Å²) in [6.45, 7) is 0. The minimum atomic E-state index is -0.158. The first-order valence-corrected chi connectivity index (χ1v) is 19.3. The Hall–Kier alpha value is -6.62. The smallest absolute Gasteiger partial charge is 0.187 e. The van der Waals surface area contributed by atoms with Crippen LogP contribution in [0.4, 0.5) is 28.4 Å². The topological polar surface area (TPSA) is 15.7 Å². The number of ether oxygens (including phenoxy) is 1. The predicted molar refractivity (Wildman–Crippen MR) is 226 cm³/mol. The maximum Gasteiger partial charge on any atom is 0.187 e. The van der Waals surface area contributed by atoms with Crippen molar-refractivity contribution >= 4 is 59.9 Å². The van der Waals surface area contributed by atoms with Crippen LogP contribution in [-0.4, -0.2) is 6.23 Å². The van der Waals surface area contributed by atoms with E-state index in [9.17, 15) is 0 Å². The summed E-state index contributed by atoms with van der Waals surface area (Å²) in [5.74, 6) is 1.08. The van der Waals surface area contributed by atoms with Gasteiger partial charge in [-0.1, -0.05) is 140 Å². The third-order valence-electron chi connectivity index (χ3n) is 11.0. The van der Waals surface area contributed by atoms with Crippen LogP contribution in [0, 0.1) is 0 Å². The molecule has 0 radical (unpaired) electrons. The first-order valence-electron chi connectivity index (χ1n) is 18.5. The molecule has 2 unspecified atom stereocenters. The number of nitrogens with zero attached hydrogens (tertiary/aromatic N) is 2. The highest BCUT2D eigenvalue weighted by Gasteiger charge is 2.48. The molecule has 256 valence electrons. The van der Waals surface area contributed by atoms with Crippen molar-refractivity contribution < 1.29 is 4.74 Å². The highest BCUT2D eigenvalue weighted by molar-refractivity contribution is 7.26. The van der Waals surface area contributed by atoms with Gasteiger partial charge in [-0.3, -0.25) is 0 Å². The van der Waals surface area contributed by atoms with E-state index in [1.165, 1.54) is 59.4 Å². The molecule has 8 aromatic carbocycles. The number of hydrogen-bond acceptors (Lipinski definition) is 4. The van der Waals surface area contributed by atoms with E-state index in [1.807, 2.05) is 11.3 Å². The molecule has 0 saturated carbocycles.